The fourth-order valence-corrected chi connectivity index (χ4v) is 5.95. The third-order valence-electron chi connectivity index (χ3n) is 6.40. The summed E-state index contributed by atoms with van der Waals surface area (Å²) in [4.78, 5) is 13.0. The molecule has 4 rings (SSSR count). The maximum atomic E-state index is 13.0. The summed E-state index contributed by atoms with van der Waals surface area (Å²) in [5, 5.41) is 3.08. The van der Waals surface area contributed by atoms with E-state index in [9.17, 15) is 13.2 Å². The minimum atomic E-state index is -3.74. The van der Waals surface area contributed by atoms with Gasteiger partial charge in [0.25, 0.3) is 5.91 Å². The number of ether oxygens (including phenoxy) is 1. The molecule has 2 aliphatic rings. The molecule has 2 aromatic carbocycles. The van der Waals surface area contributed by atoms with Gasteiger partial charge in [0.05, 0.1) is 7.11 Å². The summed E-state index contributed by atoms with van der Waals surface area (Å²) in [5.74, 6) is -0.0378. The van der Waals surface area contributed by atoms with Gasteiger partial charge in [-0.1, -0.05) is 49.6 Å². The highest BCUT2D eigenvalue weighted by Gasteiger charge is 2.34. The van der Waals surface area contributed by atoms with Gasteiger partial charge in [-0.15, -0.1) is 0 Å². The molecular weight excluding hydrogens is 412 g/mol. The van der Waals surface area contributed by atoms with Gasteiger partial charge in [-0.3, -0.25) is 4.79 Å². The maximum Gasteiger partial charge on any atom is 0.251 e. The first kappa shape index (κ1) is 21.8. The van der Waals surface area contributed by atoms with Crippen molar-refractivity contribution in [3.8, 4) is 5.75 Å². The molecule has 2 saturated carbocycles. The fourth-order valence-electron chi connectivity index (χ4n) is 4.45. The molecule has 0 aromatic heterocycles. The Labute approximate surface area is 184 Å². The van der Waals surface area contributed by atoms with Gasteiger partial charge >= 0.3 is 0 Å². The van der Waals surface area contributed by atoms with Crippen molar-refractivity contribution in [3.63, 3.8) is 0 Å². The van der Waals surface area contributed by atoms with Crippen molar-refractivity contribution < 1.29 is 17.9 Å². The molecule has 2 N–H and O–H groups in total. The Morgan fingerprint density at radius 2 is 1.77 bits per heavy atom. The zero-order chi connectivity index (χ0) is 21.9. The van der Waals surface area contributed by atoms with Crippen molar-refractivity contribution >= 4 is 15.9 Å². The molecule has 166 valence electrons. The third kappa shape index (κ3) is 4.93. The number of amides is 1. The molecule has 1 amide bonds. The van der Waals surface area contributed by atoms with Gasteiger partial charge in [0.2, 0.25) is 10.0 Å². The number of methoxy groups -OCH3 is 1. The van der Waals surface area contributed by atoms with Crippen LogP contribution in [0.25, 0.3) is 0 Å². The van der Waals surface area contributed by atoms with E-state index in [1.807, 2.05) is 18.2 Å². The number of carbonyl (C=O) groups excluding carboxylic acids is 1. The second kappa shape index (κ2) is 9.01. The molecule has 0 saturated heterocycles. The number of rotatable bonds is 8. The SMILES string of the molecule is COc1ccc(C(=O)NCC2(c3ccccc3)CCCCC2)cc1S(=O)(=O)NC1CC1. The highest BCUT2D eigenvalue weighted by molar-refractivity contribution is 7.89. The average Bonchev–Trinajstić information content (AvgIpc) is 3.61. The number of hydrogen-bond donors (Lipinski definition) is 2. The highest BCUT2D eigenvalue weighted by Crippen LogP contribution is 2.39. The standard InChI is InChI=1S/C24H30N2O4S/c1-30-21-13-10-18(16-22(21)31(28,29)26-20-11-12-20)23(27)25-17-24(14-6-3-7-15-24)19-8-4-2-5-9-19/h2,4-5,8-10,13,16,20,26H,3,6-7,11-12,14-15,17H2,1H3,(H,25,27). The first-order valence-electron chi connectivity index (χ1n) is 11.0. The van der Waals surface area contributed by atoms with Crippen LogP contribution in [0.4, 0.5) is 0 Å². The summed E-state index contributed by atoms with van der Waals surface area (Å²) in [5.41, 5.74) is 1.49. The van der Waals surface area contributed by atoms with E-state index in [-0.39, 0.29) is 28.0 Å². The van der Waals surface area contributed by atoms with Crippen LogP contribution in [0, 0.1) is 0 Å². The lowest BCUT2D eigenvalue weighted by Crippen LogP contribution is -2.42. The second-order valence-corrected chi connectivity index (χ2v) is 10.3. The van der Waals surface area contributed by atoms with Gasteiger partial charge in [-0.2, -0.15) is 0 Å². The summed E-state index contributed by atoms with van der Waals surface area (Å²) in [7, 11) is -2.31. The van der Waals surface area contributed by atoms with Crippen molar-refractivity contribution in [2.75, 3.05) is 13.7 Å². The third-order valence-corrected chi connectivity index (χ3v) is 7.94. The first-order chi connectivity index (χ1) is 14.9. The molecule has 0 atom stereocenters. The van der Waals surface area contributed by atoms with Crippen LogP contribution in [0.15, 0.2) is 53.4 Å². The quantitative estimate of drug-likeness (QED) is 0.652. The second-order valence-electron chi connectivity index (χ2n) is 8.65. The molecule has 0 spiro atoms. The van der Waals surface area contributed by atoms with E-state index in [1.165, 1.54) is 25.2 Å². The first-order valence-corrected chi connectivity index (χ1v) is 12.5. The normalized spacial score (nSPS) is 18.4. The van der Waals surface area contributed by atoms with E-state index in [2.05, 4.69) is 22.2 Å². The number of hydrogen-bond acceptors (Lipinski definition) is 4. The molecule has 0 aliphatic heterocycles. The lowest BCUT2D eigenvalue weighted by atomic mass is 9.69. The van der Waals surface area contributed by atoms with Crippen LogP contribution in [0.5, 0.6) is 5.75 Å². The molecule has 31 heavy (non-hydrogen) atoms. The van der Waals surface area contributed by atoms with Gasteiger partial charge in [0, 0.05) is 23.6 Å². The van der Waals surface area contributed by atoms with E-state index in [0.717, 1.165) is 38.5 Å². The Morgan fingerprint density at radius 1 is 1.06 bits per heavy atom. The molecule has 0 heterocycles. The van der Waals surface area contributed by atoms with Crippen molar-refractivity contribution in [1.82, 2.24) is 10.0 Å². The number of sulfonamides is 1. The van der Waals surface area contributed by atoms with Crippen molar-refractivity contribution in [3.05, 3.63) is 59.7 Å². The van der Waals surface area contributed by atoms with Crippen LogP contribution in [-0.2, 0) is 15.4 Å². The molecule has 0 radical (unpaired) electrons. The zero-order valence-electron chi connectivity index (χ0n) is 17.9. The molecule has 0 unspecified atom stereocenters. The molecule has 7 heteroatoms. The molecule has 2 aromatic rings. The van der Waals surface area contributed by atoms with Gasteiger partial charge in [-0.05, 0) is 49.4 Å². The zero-order valence-corrected chi connectivity index (χ0v) is 18.7. The van der Waals surface area contributed by atoms with E-state index in [4.69, 9.17) is 4.74 Å². The maximum absolute atomic E-state index is 13.0. The Bertz CT molecular complexity index is 1030. The van der Waals surface area contributed by atoms with Crippen molar-refractivity contribution in [2.45, 2.75) is 61.3 Å². The van der Waals surface area contributed by atoms with Crippen LogP contribution < -0.4 is 14.8 Å². The van der Waals surface area contributed by atoms with Crippen molar-refractivity contribution in [2.24, 2.45) is 0 Å². The Balaban J connectivity index is 1.54. The van der Waals surface area contributed by atoms with Crippen LogP contribution >= 0.6 is 0 Å². The Kier molecular flexibility index (Phi) is 6.34. The summed E-state index contributed by atoms with van der Waals surface area (Å²) in [6.07, 6.45) is 7.24. The summed E-state index contributed by atoms with van der Waals surface area (Å²) < 4.78 is 33.4. The number of nitrogens with one attached hydrogen (secondary N) is 2. The minimum absolute atomic E-state index is 0.00462. The summed E-state index contributed by atoms with van der Waals surface area (Å²) in [6, 6.07) is 14.9. The van der Waals surface area contributed by atoms with E-state index < -0.39 is 10.0 Å². The van der Waals surface area contributed by atoms with Crippen molar-refractivity contribution in [1.29, 1.82) is 0 Å². The molecule has 2 aliphatic carbocycles. The lowest BCUT2D eigenvalue weighted by molar-refractivity contribution is 0.0936. The topological polar surface area (TPSA) is 84.5 Å². The number of benzene rings is 2. The monoisotopic (exact) mass is 442 g/mol. The molecule has 0 bridgehead atoms. The largest absolute Gasteiger partial charge is 0.495 e. The number of carbonyl (C=O) groups is 1. The summed E-state index contributed by atoms with van der Waals surface area (Å²) >= 11 is 0. The average molecular weight is 443 g/mol. The molecular formula is C24H30N2O4S. The van der Waals surface area contributed by atoms with Crippen LogP contribution in [0.2, 0.25) is 0 Å². The van der Waals surface area contributed by atoms with Crippen LogP contribution in [-0.4, -0.2) is 34.0 Å². The fraction of sp³-hybridized carbons (Fsp3) is 0.458. The molecule has 2 fully saturated rings. The highest BCUT2D eigenvalue weighted by atomic mass is 32.2. The molecule has 6 nitrogen and oxygen atoms in total. The van der Waals surface area contributed by atoms with E-state index >= 15 is 0 Å². The van der Waals surface area contributed by atoms with Crippen LogP contribution in [0.3, 0.4) is 0 Å². The van der Waals surface area contributed by atoms with Gasteiger partial charge in [0.1, 0.15) is 10.6 Å². The van der Waals surface area contributed by atoms with Crippen LogP contribution in [0.1, 0.15) is 60.9 Å². The minimum Gasteiger partial charge on any atom is -0.495 e. The van der Waals surface area contributed by atoms with E-state index in [0.29, 0.717) is 12.1 Å². The predicted molar refractivity (Wildman–Crippen MR) is 120 cm³/mol. The Hall–Kier alpha value is -2.38. The lowest BCUT2D eigenvalue weighted by Gasteiger charge is -2.38. The van der Waals surface area contributed by atoms with Gasteiger partial charge in [-0.25, -0.2) is 13.1 Å². The van der Waals surface area contributed by atoms with E-state index in [1.54, 1.807) is 12.1 Å². The Morgan fingerprint density at radius 3 is 2.42 bits per heavy atom. The van der Waals surface area contributed by atoms with Gasteiger partial charge in [0.15, 0.2) is 0 Å². The smallest absolute Gasteiger partial charge is 0.251 e. The summed E-state index contributed by atoms with van der Waals surface area (Å²) in [6.45, 7) is 0.532. The van der Waals surface area contributed by atoms with Gasteiger partial charge < -0.3 is 10.1 Å². The predicted octanol–water partition coefficient (Wildman–Crippen LogP) is 3.77.